The molecule has 0 radical (unpaired) electrons. The highest BCUT2D eigenvalue weighted by molar-refractivity contribution is 5.44. The van der Waals surface area contributed by atoms with Crippen molar-refractivity contribution in [3.05, 3.63) is 28.3 Å². The van der Waals surface area contributed by atoms with Crippen LogP contribution in [-0.4, -0.2) is 38.3 Å². The van der Waals surface area contributed by atoms with Gasteiger partial charge >= 0.3 is 5.69 Å². The average molecular weight is 333 g/mol. The molecule has 2 fully saturated rings. The zero-order valence-corrected chi connectivity index (χ0v) is 13.7. The van der Waals surface area contributed by atoms with Crippen LogP contribution < -0.4 is 15.9 Å². The van der Waals surface area contributed by atoms with Gasteiger partial charge in [-0.1, -0.05) is 0 Å². The molecule has 2 aromatic rings. The number of rotatable bonds is 4. The number of hydrogen-bond acceptors (Lipinski definition) is 6. The second kappa shape index (κ2) is 5.57. The van der Waals surface area contributed by atoms with Crippen LogP contribution in [0.1, 0.15) is 31.1 Å². The Morgan fingerprint density at radius 3 is 2.79 bits per heavy atom. The van der Waals surface area contributed by atoms with Crippen molar-refractivity contribution in [3.8, 4) is 0 Å². The van der Waals surface area contributed by atoms with Crippen LogP contribution in [0.5, 0.6) is 0 Å². The summed E-state index contributed by atoms with van der Waals surface area (Å²) in [6, 6.07) is -0.0726. The van der Waals surface area contributed by atoms with E-state index in [0.29, 0.717) is 23.6 Å². The Labute approximate surface area is 138 Å². The van der Waals surface area contributed by atoms with E-state index in [2.05, 4.69) is 25.5 Å². The van der Waals surface area contributed by atoms with Gasteiger partial charge in [-0.2, -0.15) is 10.1 Å². The number of aromatic amines is 1. The summed E-state index contributed by atoms with van der Waals surface area (Å²) in [5.74, 6) is 1.90. The van der Waals surface area contributed by atoms with Crippen LogP contribution in [-0.2, 0) is 7.05 Å². The topological polar surface area (TPSA) is 91.7 Å². The summed E-state index contributed by atoms with van der Waals surface area (Å²) < 4.78 is 15.2. The number of nitrogens with one attached hydrogen (secondary N) is 2. The van der Waals surface area contributed by atoms with E-state index < -0.39 is 5.82 Å². The fraction of sp³-hybridized carbons (Fsp3) is 0.600. The molecule has 24 heavy (non-hydrogen) atoms. The first-order valence-corrected chi connectivity index (χ1v) is 8.18. The van der Waals surface area contributed by atoms with E-state index in [4.69, 9.17) is 0 Å². The lowest BCUT2D eigenvalue weighted by molar-refractivity contribution is 0.404. The molecular weight excluding hydrogens is 313 g/mol. The van der Waals surface area contributed by atoms with Gasteiger partial charge in [0.1, 0.15) is 0 Å². The first-order valence-electron chi connectivity index (χ1n) is 8.18. The minimum absolute atomic E-state index is 0.0726. The zero-order valence-electron chi connectivity index (χ0n) is 13.7. The fourth-order valence-electron chi connectivity index (χ4n) is 3.68. The van der Waals surface area contributed by atoms with Crippen molar-refractivity contribution in [1.29, 1.82) is 0 Å². The minimum atomic E-state index is -0.483. The zero-order chi connectivity index (χ0) is 16.8. The lowest BCUT2D eigenvalue weighted by Gasteiger charge is -2.27. The van der Waals surface area contributed by atoms with Gasteiger partial charge in [0, 0.05) is 20.6 Å². The minimum Gasteiger partial charge on any atom is -0.371 e. The molecule has 8 nitrogen and oxygen atoms in total. The van der Waals surface area contributed by atoms with Crippen LogP contribution in [0.25, 0.3) is 0 Å². The largest absolute Gasteiger partial charge is 0.371 e. The third kappa shape index (κ3) is 2.35. The Hall–Kier alpha value is -2.45. The van der Waals surface area contributed by atoms with E-state index in [9.17, 15) is 9.18 Å². The average Bonchev–Trinajstić information content (AvgIpc) is 3.26. The van der Waals surface area contributed by atoms with Gasteiger partial charge in [0.2, 0.25) is 5.95 Å². The van der Waals surface area contributed by atoms with Crippen LogP contribution >= 0.6 is 0 Å². The first-order chi connectivity index (χ1) is 11.6. The summed E-state index contributed by atoms with van der Waals surface area (Å²) >= 11 is 0. The molecule has 0 bridgehead atoms. The third-order valence-corrected chi connectivity index (χ3v) is 5.08. The lowest BCUT2D eigenvalue weighted by Crippen LogP contribution is -2.31. The highest BCUT2D eigenvalue weighted by atomic mass is 19.1. The van der Waals surface area contributed by atoms with Crippen molar-refractivity contribution in [2.45, 2.75) is 25.3 Å². The van der Waals surface area contributed by atoms with E-state index in [1.54, 1.807) is 18.7 Å². The number of H-pyrrole nitrogens is 1. The smallest absolute Gasteiger partial charge is 0.343 e. The highest BCUT2D eigenvalue weighted by Gasteiger charge is 2.46. The third-order valence-electron chi connectivity index (χ3n) is 5.08. The maximum atomic E-state index is 13.7. The molecule has 3 heterocycles. The summed E-state index contributed by atoms with van der Waals surface area (Å²) in [5, 5.41) is 9.49. The monoisotopic (exact) mass is 333 g/mol. The summed E-state index contributed by atoms with van der Waals surface area (Å²) in [6.07, 6.45) is 4.59. The molecule has 1 aliphatic carbocycles. The molecule has 2 N–H and O–H groups in total. The van der Waals surface area contributed by atoms with E-state index in [1.807, 2.05) is 4.90 Å². The number of halogens is 1. The summed E-state index contributed by atoms with van der Waals surface area (Å²) in [5.41, 5.74) is -0.234. The van der Waals surface area contributed by atoms with Gasteiger partial charge in [-0.05, 0) is 31.1 Å². The molecule has 2 aliphatic rings. The second-order valence-corrected chi connectivity index (χ2v) is 6.49. The molecular formula is C15H20FN7O. The maximum Gasteiger partial charge on any atom is 0.343 e. The maximum absolute atomic E-state index is 13.7. The molecule has 0 amide bonds. The van der Waals surface area contributed by atoms with Crippen molar-refractivity contribution < 1.29 is 4.39 Å². The molecule has 0 aromatic carbocycles. The van der Waals surface area contributed by atoms with E-state index in [0.717, 1.165) is 13.0 Å². The fourth-order valence-corrected chi connectivity index (χ4v) is 3.68. The van der Waals surface area contributed by atoms with E-state index in [-0.39, 0.29) is 17.5 Å². The lowest BCUT2D eigenvalue weighted by atomic mass is 9.94. The Morgan fingerprint density at radius 2 is 2.17 bits per heavy atom. The standard InChI is InChI=1S/C15H20FN7O/c1-17-12-10(16)7-18-14(19-12)23-6-5-9(8-3-4-8)11(23)13-20-21-15(24)22(13)2/h7-9,11H,3-6H2,1-2H3,(H,21,24)(H,17,18,19). The molecule has 4 rings (SSSR count). The first kappa shape index (κ1) is 15.1. The molecule has 1 aliphatic heterocycles. The number of hydrogen-bond donors (Lipinski definition) is 2. The van der Waals surface area contributed by atoms with Crippen LogP contribution in [0.2, 0.25) is 0 Å². The quantitative estimate of drug-likeness (QED) is 0.869. The van der Waals surface area contributed by atoms with Gasteiger partial charge in [-0.3, -0.25) is 4.57 Å². The molecule has 128 valence electrons. The Bertz CT molecular complexity index is 812. The summed E-state index contributed by atoms with van der Waals surface area (Å²) in [7, 11) is 3.34. The summed E-state index contributed by atoms with van der Waals surface area (Å²) in [4.78, 5) is 22.3. The molecule has 2 aromatic heterocycles. The number of nitrogens with zero attached hydrogens (tertiary/aromatic N) is 5. The Balaban J connectivity index is 1.76. The van der Waals surface area contributed by atoms with Crippen LogP contribution in [0.4, 0.5) is 16.2 Å². The second-order valence-electron chi connectivity index (χ2n) is 6.49. The molecule has 1 saturated carbocycles. The number of aromatic nitrogens is 5. The van der Waals surface area contributed by atoms with E-state index in [1.165, 1.54) is 19.0 Å². The predicted molar refractivity (Wildman–Crippen MR) is 86.3 cm³/mol. The van der Waals surface area contributed by atoms with Crippen molar-refractivity contribution in [3.63, 3.8) is 0 Å². The van der Waals surface area contributed by atoms with Crippen LogP contribution in [0.15, 0.2) is 11.0 Å². The highest BCUT2D eigenvalue weighted by Crippen LogP contribution is 2.50. The van der Waals surface area contributed by atoms with Crippen molar-refractivity contribution in [1.82, 2.24) is 24.7 Å². The van der Waals surface area contributed by atoms with Gasteiger partial charge in [0.25, 0.3) is 0 Å². The van der Waals surface area contributed by atoms with Crippen LogP contribution in [0, 0.1) is 17.7 Å². The predicted octanol–water partition coefficient (Wildman–Crippen LogP) is 1.06. The van der Waals surface area contributed by atoms with Gasteiger partial charge in [0.05, 0.1) is 12.2 Å². The number of anilines is 2. The summed E-state index contributed by atoms with van der Waals surface area (Å²) in [6.45, 7) is 0.766. The van der Waals surface area contributed by atoms with Crippen molar-refractivity contribution in [2.24, 2.45) is 18.9 Å². The van der Waals surface area contributed by atoms with Gasteiger partial charge in [-0.15, -0.1) is 0 Å². The van der Waals surface area contributed by atoms with Crippen molar-refractivity contribution >= 4 is 11.8 Å². The van der Waals surface area contributed by atoms with E-state index >= 15 is 0 Å². The molecule has 2 atom stereocenters. The Kier molecular flexibility index (Phi) is 3.50. The molecule has 9 heteroatoms. The molecule has 2 unspecified atom stereocenters. The SMILES string of the molecule is CNc1nc(N2CCC(C3CC3)C2c2n[nH]c(=O)n2C)ncc1F. The molecule has 1 saturated heterocycles. The normalized spacial score (nSPS) is 23.7. The van der Waals surface area contributed by atoms with Crippen LogP contribution in [0.3, 0.4) is 0 Å². The Morgan fingerprint density at radius 1 is 1.38 bits per heavy atom. The van der Waals surface area contributed by atoms with Gasteiger partial charge in [-0.25, -0.2) is 19.3 Å². The molecule has 0 spiro atoms. The van der Waals surface area contributed by atoms with Gasteiger partial charge < -0.3 is 10.2 Å². The van der Waals surface area contributed by atoms with Crippen molar-refractivity contribution in [2.75, 3.05) is 23.8 Å². The van der Waals surface area contributed by atoms with Gasteiger partial charge in [0.15, 0.2) is 17.5 Å².